The van der Waals surface area contributed by atoms with Crippen LogP contribution in [0.2, 0.25) is 0 Å². The molecule has 0 N–H and O–H groups in total. The van der Waals surface area contributed by atoms with E-state index in [1.54, 1.807) is 12.1 Å². The molecule has 0 saturated carbocycles. The van der Waals surface area contributed by atoms with Crippen molar-refractivity contribution < 1.29 is 64.4 Å². The van der Waals surface area contributed by atoms with E-state index in [2.05, 4.69) is 6.92 Å². The van der Waals surface area contributed by atoms with Gasteiger partial charge in [0.05, 0.1) is 4.90 Å². The molecular formula is C56H105KO3S. The zero-order valence-electron chi connectivity index (χ0n) is 41.6. The topological polar surface area (TPSA) is 57.2 Å². The minimum absolute atomic E-state index is 0. The van der Waals surface area contributed by atoms with Gasteiger partial charge in [0.15, 0.2) is 0 Å². The molecule has 0 aromatic heterocycles. The Hall–Kier alpha value is 0.766. The number of rotatable bonds is 50. The van der Waals surface area contributed by atoms with Gasteiger partial charge in [0, 0.05) is 0 Å². The molecule has 0 amide bonds. The van der Waals surface area contributed by atoms with Crippen molar-refractivity contribution in [1.29, 1.82) is 0 Å². The third-order valence-electron chi connectivity index (χ3n) is 13.5. The van der Waals surface area contributed by atoms with Crippen LogP contribution in [0.5, 0.6) is 0 Å². The van der Waals surface area contributed by atoms with Crippen LogP contribution in [0.1, 0.15) is 321 Å². The SMILES string of the molecule is CCCCCCCCCCCCCCCCCCCCCCCCCCCCCCCCCCCCCCCCCCCCCCCCCCc1ccc(S(=O)(=O)[O-])cc1.[K+]. The molecule has 0 saturated heterocycles. The van der Waals surface area contributed by atoms with Crippen LogP contribution in [0.3, 0.4) is 0 Å². The van der Waals surface area contributed by atoms with Gasteiger partial charge in [-0.2, -0.15) is 0 Å². The first kappa shape index (κ1) is 61.8. The second-order valence-corrected chi connectivity index (χ2v) is 20.8. The normalized spacial score (nSPS) is 11.7. The Kier molecular flexibility index (Phi) is 50.8. The van der Waals surface area contributed by atoms with Gasteiger partial charge in [0.25, 0.3) is 0 Å². The van der Waals surface area contributed by atoms with Crippen LogP contribution in [0.4, 0.5) is 0 Å². The van der Waals surface area contributed by atoms with E-state index in [-0.39, 0.29) is 56.3 Å². The van der Waals surface area contributed by atoms with Crippen LogP contribution in [-0.4, -0.2) is 13.0 Å². The number of aryl methyl sites for hydroxylation is 1. The van der Waals surface area contributed by atoms with Crippen molar-refractivity contribution in [2.45, 2.75) is 326 Å². The molecule has 0 aliphatic heterocycles. The van der Waals surface area contributed by atoms with E-state index < -0.39 is 10.1 Å². The number of unbranched alkanes of at least 4 members (excludes halogenated alkanes) is 47. The van der Waals surface area contributed by atoms with Gasteiger partial charge in [-0.1, -0.05) is 321 Å². The Morgan fingerprint density at radius 2 is 0.459 bits per heavy atom. The summed E-state index contributed by atoms with van der Waals surface area (Å²) < 4.78 is 33.1. The molecule has 0 aliphatic rings. The zero-order valence-corrected chi connectivity index (χ0v) is 45.5. The fourth-order valence-corrected chi connectivity index (χ4v) is 9.83. The van der Waals surface area contributed by atoms with Crippen molar-refractivity contribution in [2.75, 3.05) is 0 Å². The number of benzene rings is 1. The maximum absolute atomic E-state index is 11.0. The van der Waals surface area contributed by atoms with Gasteiger partial charge in [-0.15, -0.1) is 0 Å². The van der Waals surface area contributed by atoms with E-state index in [0.29, 0.717) is 0 Å². The fraction of sp³-hybridized carbons (Fsp3) is 0.893. The zero-order chi connectivity index (χ0) is 43.1. The van der Waals surface area contributed by atoms with Crippen molar-refractivity contribution in [1.82, 2.24) is 0 Å². The van der Waals surface area contributed by atoms with Crippen molar-refractivity contribution >= 4 is 10.1 Å². The molecule has 1 aromatic carbocycles. The Labute approximate surface area is 426 Å². The van der Waals surface area contributed by atoms with E-state index in [1.165, 1.54) is 314 Å². The smallest absolute Gasteiger partial charge is 0.744 e. The van der Waals surface area contributed by atoms with Crippen molar-refractivity contribution in [2.24, 2.45) is 0 Å². The van der Waals surface area contributed by atoms with Gasteiger partial charge in [0.1, 0.15) is 10.1 Å². The molecule has 0 heterocycles. The van der Waals surface area contributed by atoms with Gasteiger partial charge < -0.3 is 4.55 Å². The van der Waals surface area contributed by atoms with E-state index in [1.807, 2.05) is 0 Å². The summed E-state index contributed by atoms with van der Waals surface area (Å²) in [5.41, 5.74) is 1.12. The van der Waals surface area contributed by atoms with Crippen LogP contribution in [0.25, 0.3) is 0 Å². The average Bonchev–Trinajstić information content (AvgIpc) is 3.24. The first-order valence-corrected chi connectivity index (χ1v) is 29.0. The second kappa shape index (κ2) is 50.2. The van der Waals surface area contributed by atoms with Gasteiger partial charge in [-0.05, 0) is 30.5 Å². The Morgan fingerprint density at radius 3 is 0.623 bits per heavy atom. The molecule has 0 unspecified atom stereocenters. The predicted molar refractivity (Wildman–Crippen MR) is 265 cm³/mol. The van der Waals surface area contributed by atoms with Crippen LogP contribution < -0.4 is 51.4 Å². The van der Waals surface area contributed by atoms with E-state index >= 15 is 0 Å². The third kappa shape index (κ3) is 47.1. The Bertz CT molecular complexity index is 1070. The first-order valence-electron chi connectivity index (χ1n) is 27.6. The quantitative estimate of drug-likeness (QED) is 0.0372. The summed E-state index contributed by atoms with van der Waals surface area (Å²) in [7, 11) is -4.33. The molecule has 0 bridgehead atoms. The minimum Gasteiger partial charge on any atom is -0.744 e. The van der Waals surface area contributed by atoms with Gasteiger partial charge in [0.2, 0.25) is 0 Å². The molecule has 3 nitrogen and oxygen atoms in total. The van der Waals surface area contributed by atoms with Gasteiger partial charge in [-0.25, -0.2) is 8.42 Å². The molecule has 5 heteroatoms. The molecule has 0 radical (unpaired) electrons. The fourth-order valence-electron chi connectivity index (χ4n) is 9.36. The van der Waals surface area contributed by atoms with Crippen molar-refractivity contribution in [3.8, 4) is 0 Å². The summed E-state index contributed by atoms with van der Waals surface area (Å²) >= 11 is 0. The molecule has 1 rings (SSSR count). The van der Waals surface area contributed by atoms with Gasteiger partial charge in [-0.3, -0.25) is 0 Å². The third-order valence-corrected chi connectivity index (χ3v) is 14.4. The molecule has 0 spiro atoms. The average molecular weight is 898 g/mol. The van der Waals surface area contributed by atoms with E-state index in [0.717, 1.165) is 18.4 Å². The molecule has 0 atom stereocenters. The largest absolute Gasteiger partial charge is 1.00 e. The predicted octanol–water partition coefficient (Wildman–Crippen LogP) is 16.9. The maximum Gasteiger partial charge on any atom is 1.00 e. The van der Waals surface area contributed by atoms with Gasteiger partial charge >= 0.3 is 51.4 Å². The molecule has 0 aliphatic carbocycles. The van der Waals surface area contributed by atoms with Crippen molar-refractivity contribution in [3.05, 3.63) is 29.8 Å². The molecule has 0 fully saturated rings. The second-order valence-electron chi connectivity index (χ2n) is 19.5. The van der Waals surface area contributed by atoms with Crippen LogP contribution in [0.15, 0.2) is 29.2 Å². The van der Waals surface area contributed by atoms with E-state index in [9.17, 15) is 13.0 Å². The Balaban J connectivity index is 0.0000360. The van der Waals surface area contributed by atoms with Crippen LogP contribution in [0, 0.1) is 0 Å². The summed E-state index contributed by atoms with van der Waals surface area (Å²) in [4.78, 5) is -0.131. The molecular weight excluding hydrogens is 792 g/mol. The van der Waals surface area contributed by atoms with E-state index in [4.69, 9.17) is 0 Å². The summed E-state index contributed by atoms with van der Waals surface area (Å²) in [5, 5.41) is 0. The maximum atomic E-state index is 11.0. The van der Waals surface area contributed by atoms with Crippen molar-refractivity contribution in [3.63, 3.8) is 0 Å². The minimum atomic E-state index is -4.33. The molecule has 1 aromatic rings. The number of hydrogen-bond acceptors (Lipinski definition) is 3. The molecule has 61 heavy (non-hydrogen) atoms. The number of hydrogen-bond donors (Lipinski definition) is 0. The summed E-state index contributed by atoms with van der Waals surface area (Å²) in [6.45, 7) is 2.31. The summed E-state index contributed by atoms with van der Waals surface area (Å²) in [6, 6.07) is 6.42. The Morgan fingerprint density at radius 1 is 0.295 bits per heavy atom. The summed E-state index contributed by atoms with van der Waals surface area (Å²) in [6.07, 6.45) is 70.3. The van der Waals surface area contributed by atoms with Crippen LogP contribution >= 0.6 is 0 Å². The summed E-state index contributed by atoms with van der Waals surface area (Å²) in [5.74, 6) is 0. The standard InChI is InChI=1S/C56H106O3S.K/c1-2-3-4-5-6-7-8-9-10-11-12-13-14-15-16-17-18-19-20-21-22-23-24-25-26-27-28-29-30-31-32-33-34-35-36-37-38-39-40-41-42-43-44-45-46-47-48-49-50-55-51-53-56(54-52-55)60(57,58)59;/h51-54H,2-50H2,1H3,(H,57,58,59);/q;+1/p-1. The monoisotopic (exact) mass is 897 g/mol. The first-order chi connectivity index (χ1) is 29.5. The van der Waals surface area contributed by atoms with Crippen LogP contribution in [-0.2, 0) is 16.5 Å². The molecule has 354 valence electrons.